The quantitative estimate of drug-likeness (QED) is 0.333. The average molecular weight is 382 g/mol. The third-order valence-electron chi connectivity index (χ3n) is 3.95. The van der Waals surface area contributed by atoms with Gasteiger partial charge in [0.05, 0.1) is 11.9 Å². The average Bonchev–Trinajstić information content (AvgIpc) is 3.17. The Morgan fingerprint density at radius 1 is 1.15 bits per heavy atom. The molecule has 0 amide bonds. The summed E-state index contributed by atoms with van der Waals surface area (Å²) in [6, 6.07) is 14.2. The Morgan fingerprint density at radius 2 is 1.96 bits per heavy atom. The highest BCUT2D eigenvalue weighted by Crippen LogP contribution is 2.18. The number of anilines is 2. The molecule has 0 saturated carbocycles. The van der Waals surface area contributed by atoms with Crippen molar-refractivity contribution in [3.63, 3.8) is 0 Å². The number of rotatable bonds is 9. The van der Waals surface area contributed by atoms with Crippen LogP contribution >= 0.6 is 11.8 Å². The van der Waals surface area contributed by atoms with Crippen LogP contribution in [0.4, 0.5) is 11.6 Å². The first-order valence-corrected chi connectivity index (χ1v) is 9.86. The Labute approximate surface area is 163 Å². The molecule has 2 aromatic heterocycles. The molecular weight excluding hydrogens is 358 g/mol. The van der Waals surface area contributed by atoms with E-state index in [-0.39, 0.29) is 0 Å². The monoisotopic (exact) mass is 381 g/mol. The highest BCUT2D eigenvalue weighted by molar-refractivity contribution is 7.98. The minimum Gasteiger partial charge on any atom is -0.372 e. The summed E-state index contributed by atoms with van der Waals surface area (Å²) in [7, 11) is 0. The number of aromatic nitrogens is 4. The van der Waals surface area contributed by atoms with Crippen LogP contribution in [0.1, 0.15) is 25.1 Å². The summed E-state index contributed by atoms with van der Waals surface area (Å²) in [5.74, 6) is 1.23. The summed E-state index contributed by atoms with van der Waals surface area (Å²) < 4.78 is 0. The number of hydrogen-bond donors (Lipinski definition) is 2. The van der Waals surface area contributed by atoms with Gasteiger partial charge in [-0.25, -0.2) is 10.5 Å². The van der Waals surface area contributed by atoms with E-state index in [4.69, 9.17) is 0 Å². The molecular formula is C19H23N7S. The summed E-state index contributed by atoms with van der Waals surface area (Å²) in [6.07, 6.45) is 3.54. The van der Waals surface area contributed by atoms with E-state index in [1.165, 1.54) is 17.4 Å². The number of hydrazone groups is 1. The van der Waals surface area contributed by atoms with Gasteiger partial charge in [0.2, 0.25) is 11.1 Å². The molecule has 0 aliphatic carbocycles. The highest BCUT2D eigenvalue weighted by Gasteiger charge is 2.04. The van der Waals surface area contributed by atoms with E-state index in [1.807, 2.05) is 30.3 Å². The van der Waals surface area contributed by atoms with Gasteiger partial charge in [0.1, 0.15) is 0 Å². The molecule has 0 fully saturated rings. The molecule has 3 rings (SSSR count). The zero-order chi connectivity index (χ0) is 18.9. The van der Waals surface area contributed by atoms with Gasteiger partial charge >= 0.3 is 0 Å². The van der Waals surface area contributed by atoms with Gasteiger partial charge in [0.15, 0.2) is 0 Å². The molecule has 27 heavy (non-hydrogen) atoms. The van der Waals surface area contributed by atoms with Gasteiger partial charge in [-0.05, 0) is 43.7 Å². The molecule has 0 radical (unpaired) electrons. The fourth-order valence-electron chi connectivity index (χ4n) is 2.51. The van der Waals surface area contributed by atoms with Gasteiger partial charge in [-0.15, -0.1) is 5.10 Å². The summed E-state index contributed by atoms with van der Waals surface area (Å²) in [5, 5.41) is 11.9. The van der Waals surface area contributed by atoms with E-state index in [0.29, 0.717) is 11.1 Å². The zero-order valence-corrected chi connectivity index (χ0v) is 16.3. The SMILES string of the molecule is CCN(CC)c1ccc(C=NNc2nc(SCc3ccccn3)n[nH]2)cc1. The van der Waals surface area contributed by atoms with E-state index in [0.717, 1.165) is 30.1 Å². The predicted octanol–water partition coefficient (Wildman–Crippen LogP) is 3.78. The first-order chi connectivity index (χ1) is 13.3. The molecule has 0 aliphatic heterocycles. The third-order valence-corrected chi connectivity index (χ3v) is 4.83. The summed E-state index contributed by atoms with van der Waals surface area (Å²) in [4.78, 5) is 10.9. The topological polar surface area (TPSA) is 82.1 Å². The van der Waals surface area contributed by atoms with E-state index < -0.39 is 0 Å². The van der Waals surface area contributed by atoms with Crippen molar-refractivity contribution in [2.45, 2.75) is 24.8 Å². The van der Waals surface area contributed by atoms with Crippen LogP contribution in [0.25, 0.3) is 0 Å². The lowest BCUT2D eigenvalue weighted by molar-refractivity contribution is 0.866. The standard InChI is InChI=1S/C19H23N7S/c1-3-26(4-2)17-10-8-15(9-11-17)13-21-23-18-22-19(25-24-18)27-14-16-7-5-6-12-20-16/h5-13H,3-4,14H2,1-2H3,(H2,22,23,24,25). The smallest absolute Gasteiger partial charge is 0.240 e. The summed E-state index contributed by atoms with van der Waals surface area (Å²) in [6.45, 7) is 6.31. The van der Waals surface area contributed by atoms with Crippen molar-refractivity contribution in [1.29, 1.82) is 0 Å². The van der Waals surface area contributed by atoms with Gasteiger partial charge in [-0.1, -0.05) is 30.0 Å². The second kappa shape index (κ2) is 9.72. The molecule has 8 heteroatoms. The Bertz CT molecular complexity index is 842. The number of H-pyrrole nitrogens is 1. The Kier molecular flexibility index (Phi) is 6.81. The Balaban J connectivity index is 1.50. The second-order valence-electron chi connectivity index (χ2n) is 5.71. The molecule has 1 aromatic carbocycles. The van der Waals surface area contributed by atoms with E-state index >= 15 is 0 Å². The van der Waals surface area contributed by atoms with Crippen LogP contribution in [0.2, 0.25) is 0 Å². The molecule has 3 aromatic rings. The van der Waals surface area contributed by atoms with Crippen LogP contribution in [-0.2, 0) is 5.75 Å². The Morgan fingerprint density at radius 3 is 2.67 bits per heavy atom. The normalized spacial score (nSPS) is 11.0. The van der Waals surface area contributed by atoms with Gasteiger partial charge in [-0.2, -0.15) is 10.1 Å². The second-order valence-corrected chi connectivity index (χ2v) is 6.65. The number of thioether (sulfide) groups is 1. The van der Waals surface area contributed by atoms with Crippen molar-refractivity contribution in [2.24, 2.45) is 5.10 Å². The molecule has 7 nitrogen and oxygen atoms in total. The lowest BCUT2D eigenvalue weighted by Gasteiger charge is -2.20. The number of nitrogens with zero attached hydrogens (tertiary/aromatic N) is 5. The highest BCUT2D eigenvalue weighted by atomic mass is 32.2. The number of hydrogen-bond acceptors (Lipinski definition) is 7. The molecule has 0 bridgehead atoms. The fourth-order valence-corrected chi connectivity index (χ4v) is 3.22. The van der Waals surface area contributed by atoms with Crippen LogP contribution in [0, 0.1) is 0 Å². The molecule has 0 saturated heterocycles. The molecule has 0 atom stereocenters. The van der Waals surface area contributed by atoms with Crippen LogP contribution in [0.15, 0.2) is 58.9 Å². The maximum atomic E-state index is 4.35. The molecule has 2 N–H and O–H groups in total. The lowest BCUT2D eigenvalue weighted by Crippen LogP contribution is -2.21. The van der Waals surface area contributed by atoms with Crippen LogP contribution in [-0.4, -0.2) is 39.5 Å². The minimum absolute atomic E-state index is 0.509. The van der Waals surface area contributed by atoms with Gasteiger partial charge < -0.3 is 4.90 Å². The van der Waals surface area contributed by atoms with Crippen molar-refractivity contribution in [3.05, 3.63) is 59.9 Å². The first kappa shape index (κ1) is 18.9. The van der Waals surface area contributed by atoms with Crippen molar-refractivity contribution in [2.75, 3.05) is 23.4 Å². The van der Waals surface area contributed by atoms with Crippen molar-refractivity contribution >= 4 is 29.6 Å². The third kappa shape index (κ3) is 5.55. The maximum absolute atomic E-state index is 4.35. The van der Waals surface area contributed by atoms with Crippen molar-refractivity contribution < 1.29 is 0 Å². The zero-order valence-electron chi connectivity index (χ0n) is 15.5. The molecule has 140 valence electrons. The van der Waals surface area contributed by atoms with E-state index in [1.54, 1.807) is 12.4 Å². The number of pyridine rings is 1. The van der Waals surface area contributed by atoms with Gasteiger partial charge in [0.25, 0.3) is 0 Å². The Hall–Kier alpha value is -2.87. The minimum atomic E-state index is 0.509. The van der Waals surface area contributed by atoms with Gasteiger partial charge in [-0.3, -0.25) is 4.98 Å². The van der Waals surface area contributed by atoms with Crippen molar-refractivity contribution in [1.82, 2.24) is 20.2 Å². The fraction of sp³-hybridized carbons (Fsp3) is 0.263. The molecule has 2 heterocycles. The molecule has 0 unspecified atom stereocenters. The lowest BCUT2D eigenvalue weighted by atomic mass is 10.2. The van der Waals surface area contributed by atoms with Crippen LogP contribution in [0.5, 0.6) is 0 Å². The first-order valence-electron chi connectivity index (χ1n) is 8.87. The van der Waals surface area contributed by atoms with Gasteiger partial charge in [0, 0.05) is 30.7 Å². The van der Waals surface area contributed by atoms with E-state index in [2.05, 4.69) is 61.6 Å². The van der Waals surface area contributed by atoms with Crippen LogP contribution < -0.4 is 10.3 Å². The molecule has 0 spiro atoms. The van der Waals surface area contributed by atoms with E-state index in [9.17, 15) is 0 Å². The molecule has 0 aliphatic rings. The summed E-state index contributed by atoms with van der Waals surface area (Å²) in [5.41, 5.74) is 6.10. The number of aromatic amines is 1. The van der Waals surface area contributed by atoms with Crippen LogP contribution in [0.3, 0.4) is 0 Å². The number of benzene rings is 1. The largest absolute Gasteiger partial charge is 0.372 e. The number of nitrogens with one attached hydrogen (secondary N) is 2. The summed E-state index contributed by atoms with van der Waals surface area (Å²) >= 11 is 1.52. The van der Waals surface area contributed by atoms with Crippen molar-refractivity contribution in [3.8, 4) is 0 Å². The maximum Gasteiger partial charge on any atom is 0.240 e. The predicted molar refractivity (Wildman–Crippen MR) is 111 cm³/mol.